The molecule has 1 aromatic heterocycles. The predicted octanol–water partition coefficient (Wildman–Crippen LogP) is 2.46. The Labute approximate surface area is 112 Å². The van der Waals surface area contributed by atoms with Crippen molar-refractivity contribution >= 4 is 11.6 Å². The Morgan fingerprint density at radius 3 is 2.63 bits per heavy atom. The van der Waals surface area contributed by atoms with Crippen molar-refractivity contribution in [2.24, 2.45) is 0 Å². The number of carbonyl (C=O) groups is 1. The van der Waals surface area contributed by atoms with Crippen molar-refractivity contribution in [1.29, 1.82) is 0 Å². The third kappa shape index (κ3) is 3.10. The first-order chi connectivity index (χ1) is 9.08. The molecule has 4 heteroatoms. The van der Waals surface area contributed by atoms with Crippen molar-refractivity contribution in [2.45, 2.75) is 19.9 Å². The molecule has 0 aliphatic carbocycles. The number of rotatable bonds is 3. The number of nitrogens with zero attached hydrogens (tertiary/aromatic N) is 1. The Kier molecular flexibility index (Phi) is 3.80. The summed E-state index contributed by atoms with van der Waals surface area (Å²) < 4.78 is 0. The van der Waals surface area contributed by atoms with Crippen LogP contribution < -0.4 is 11.1 Å². The lowest BCUT2D eigenvalue weighted by molar-refractivity contribution is 0.0940. The molecule has 0 aliphatic heterocycles. The number of aromatic nitrogens is 1. The second-order valence-corrected chi connectivity index (χ2v) is 4.57. The van der Waals surface area contributed by atoms with Crippen molar-refractivity contribution in [1.82, 2.24) is 10.3 Å². The number of hydrogen-bond donors (Lipinski definition) is 2. The number of nitrogens with two attached hydrogens (primary N) is 1. The van der Waals surface area contributed by atoms with Crippen LogP contribution in [0.4, 0.5) is 5.69 Å². The summed E-state index contributed by atoms with van der Waals surface area (Å²) in [6.07, 6.45) is 3.41. The molecular weight excluding hydrogens is 238 g/mol. The SMILES string of the molecule is Cc1ccc(N)c(C(=O)NC(C)c2ccncc2)c1. The molecule has 0 aliphatic rings. The van der Waals surface area contributed by atoms with E-state index in [0.717, 1.165) is 11.1 Å². The number of aryl methyl sites for hydroxylation is 1. The van der Waals surface area contributed by atoms with E-state index in [0.29, 0.717) is 11.3 Å². The Hall–Kier alpha value is -2.36. The number of nitrogens with one attached hydrogen (secondary N) is 1. The topological polar surface area (TPSA) is 68.0 Å². The van der Waals surface area contributed by atoms with Crippen molar-refractivity contribution < 1.29 is 4.79 Å². The maximum absolute atomic E-state index is 12.2. The van der Waals surface area contributed by atoms with Gasteiger partial charge in [-0.3, -0.25) is 9.78 Å². The van der Waals surface area contributed by atoms with Crippen LogP contribution in [0.15, 0.2) is 42.7 Å². The van der Waals surface area contributed by atoms with Crippen LogP contribution in [0.25, 0.3) is 0 Å². The molecule has 0 saturated carbocycles. The van der Waals surface area contributed by atoms with Gasteiger partial charge < -0.3 is 11.1 Å². The van der Waals surface area contributed by atoms with Gasteiger partial charge >= 0.3 is 0 Å². The van der Waals surface area contributed by atoms with E-state index in [1.54, 1.807) is 24.5 Å². The highest BCUT2D eigenvalue weighted by Crippen LogP contribution is 2.16. The molecule has 98 valence electrons. The van der Waals surface area contributed by atoms with Crippen LogP contribution in [0.3, 0.4) is 0 Å². The molecule has 2 rings (SSSR count). The molecule has 0 bridgehead atoms. The van der Waals surface area contributed by atoms with E-state index in [1.807, 2.05) is 32.0 Å². The van der Waals surface area contributed by atoms with Gasteiger partial charge in [-0.25, -0.2) is 0 Å². The Morgan fingerprint density at radius 1 is 1.26 bits per heavy atom. The van der Waals surface area contributed by atoms with Gasteiger partial charge in [0.1, 0.15) is 0 Å². The first-order valence-electron chi connectivity index (χ1n) is 6.15. The molecule has 1 amide bonds. The minimum absolute atomic E-state index is 0.0876. The summed E-state index contributed by atoms with van der Waals surface area (Å²) in [7, 11) is 0. The van der Waals surface area contributed by atoms with Gasteiger partial charge in [0.2, 0.25) is 0 Å². The number of carbonyl (C=O) groups excluding carboxylic acids is 1. The summed E-state index contributed by atoms with van der Waals surface area (Å²) in [6, 6.07) is 9.11. The summed E-state index contributed by atoms with van der Waals surface area (Å²) >= 11 is 0. The van der Waals surface area contributed by atoms with Crippen LogP contribution in [0, 0.1) is 6.92 Å². The van der Waals surface area contributed by atoms with Gasteiger partial charge in [-0.15, -0.1) is 0 Å². The number of benzene rings is 1. The Morgan fingerprint density at radius 2 is 1.95 bits per heavy atom. The summed E-state index contributed by atoms with van der Waals surface area (Å²) in [5, 5.41) is 2.93. The molecule has 0 radical (unpaired) electrons. The predicted molar refractivity (Wildman–Crippen MR) is 75.7 cm³/mol. The van der Waals surface area contributed by atoms with Crippen molar-refractivity contribution in [3.05, 3.63) is 59.4 Å². The van der Waals surface area contributed by atoms with Crippen LogP contribution in [0.1, 0.15) is 34.5 Å². The molecule has 1 aromatic carbocycles. The van der Waals surface area contributed by atoms with E-state index in [2.05, 4.69) is 10.3 Å². The van der Waals surface area contributed by atoms with Gasteiger partial charge in [0.05, 0.1) is 11.6 Å². The summed E-state index contributed by atoms with van der Waals surface area (Å²) in [5.41, 5.74) is 8.86. The molecule has 1 heterocycles. The Bertz CT molecular complexity index is 581. The van der Waals surface area contributed by atoms with Crippen LogP contribution >= 0.6 is 0 Å². The van der Waals surface area contributed by atoms with E-state index in [4.69, 9.17) is 5.73 Å². The van der Waals surface area contributed by atoms with Gasteiger partial charge in [0.15, 0.2) is 0 Å². The molecule has 1 atom stereocenters. The molecule has 3 N–H and O–H groups in total. The summed E-state index contributed by atoms with van der Waals surface area (Å²) in [5.74, 6) is -0.162. The molecule has 0 saturated heterocycles. The fraction of sp³-hybridized carbons (Fsp3) is 0.200. The van der Waals surface area contributed by atoms with Crippen molar-refractivity contribution in [2.75, 3.05) is 5.73 Å². The summed E-state index contributed by atoms with van der Waals surface area (Å²) in [6.45, 7) is 3.86. The van der Waals surface area contributed by atoms with Crippen LogP contribution in [-0.2, 0) is 0 Å². The number of pyridine rings is 1. The molecule has 1 unspecified atom stereocenters. The third-order valence-electron chi connectivity index (χ3n) is 3.01. The maximum atomic E-state index is 12.2. The lowest BCUT2D eigenvalue weighted by Crippen LogP contribution is -2.27. The second-order valence-electron chi connectivity index (χ2n) is 4.57. The fourth-order valence-electron chi connectivity index (χ4n) is 1.88. The van der Waals surface area contributed by atoms with E-state index >= 15 is 0 Å². The number of anilines is 1. The third-order valence-corrected chi connectivity index (χ3v) is 3.01. The summed E-state index contributed by atoms with van der Waals surface area (Å²) in [4.78, 5) is 16.2. The number of nitrogen functional groups attached to an aromatic ring is 1. The zero-order valence-electron chi connectivity index (χ0n) is 11.1. The van der Waals surface area contributed by atoms with E-state index in [1.165, 1.54) is 0 Å². The highest BCUT2D eigenvalue weighted by Gasteiger charge is 2.13. The smallest absolute Gasteiger partial charge is 0.253 e. The zero-order chi connectivity index (χ0) is 13.8. The highest BCUT2D eigenvalue weighted by atomic mass is 16.1. The number of hydrogen-bond acceptors (Lipinski definition) is 3. The highest BCUT2D eigenvalue weighted by molar-refractivity contribution is 5.99. The van der Waals surface area contributed by atoms with Crippen molar-refractivity contribution in [3.8, 4) is 0 Å². The van der Waals surface area contributed by atoms with Gasteiger partial charge in [-0.1, -0.05) is 11.6 Å². The van der Waals surface area contributed by atoms with Crippen LogP contribution in [0.5, 0.6) is 0 Å². The first-order valence-corrected chi connectivity index (χ1v) is 6.15. The number of amides is 1. The van der Waals surface area contributed by atoms with Gasteiger partial charge in [0.25, 0.3) is 5.91 Å². The molecule has 4 nitrogen and oxygen atoms in total. The minimum atomic E-state index is -0.162. The monoisotopic (exact) mass is 255 g/mol. The lowest BCUT2D eigenvalue weighted by Gasteiger charge is -2.15. The zero-order valence-corrected chi connectivity index (χ0v) is 11.1. The first kappa shape index (κ1) is 13.1. The lowest BCUT2D eigenvalue weighted by atomic mass is 10.1. The average Bonchev–Trinajstić information content (AvgIpc) is 2.42. The van der Waals surface area contributed by atoms with E-state index in [-0.39, 0.29) is 11.9 Å². The normalized spacial score (nSPS) is 11.9. The second kappa shape index (κ2) is 5.52. The fourth-order valence-corrected chi connectivity index (χ4v) is 1.88. The molecule has 0 fully saturated rings. The molecule has 2 aromatic rings. The minimum Gasteiger partial charge on any atom is -0.398 e. The molecule has 19 heavy (non-hydrogen) atoms. The van der Waals surface area contributed by atoms with Gasteiger partial charge in [0, 0.05) is 18.1 Å². The van der Waals surface area contributed by atoms with Gasteiger partial charge in [-0.05, 0) is 43.7 Å². The Balaban J connectivity index is 2.15. The molecular formula is C15H17N3O. The van der Waals surface area contributed by atoms with E-state index in [9.17, 15) is 4.79 Å². The van der Waals surface area contributed by atoms with Crippen LogP contribution in [0.2, 0.25) is 0 Å². The standard InChI is InChI=1S/C15H17N3O/c1-10-3-4-14(16)13(9-10)15(19)18-11(2)12-5-7-17-8-6-12/h3-9,11H,16H2,1-2H3,(H,18,19). The van der Waals surface area contributed by atoms with Gasteiger partial charge in [-0.2, -0.15) is 0 Å². The molecule has 0 spiro atoms. The maximum Gasteiger partial charge on any atom is 0.253 e. The largest absolute Gasteiger partial charge is 0.398 e. The van der Waals surface area contributed by atoms with Crippen molar-refractivity contribution in [3.63, 3.8) is 0 Å². The van der Waals surface area contributed by atoms with Crippen LogP contribution in [-0.4, -0.2) is 10.9 Å². The average molecular weight is 255 g/mol. The van der Waals surface area contributed by atoms with E-state index < -0.39 is 0 Å². The quantitative estimate of drug-likeness (QED) is 0.828.